The molecule has 1 aliphatic rings. The molecule has 0 amide bonds. The second-order valence-electron chi connectivity index (χ2n) is 8.61. The van der Waals surface area contributed by atoms with Gasteiger partial charge >= 0.3 is 0 Å². The van der Waals surface area contributed by atoms with Crippen LogP contribution in [0, 0.1) is 6.92 Å². The summed E-state index contributed by atoms with van der Waals surface area (Å²) in [5.41, 5.74) is 6.69. The molecule has 1 fully saturated rings. The Bertz CT molecular complexity index is 1240. The molecule has 3 heterocycles. The molecule has 6 heteroatoms. The number of nitrogens with zero attached hydrogens (tertiary/aromatic N) is 4. The topological polar surface area (TPSA) is 54.7 Å². The number of hydrogen-bond acceptors (Lipinski definition) is 5. The molecular formula is C26H29N5O. The quantitative estimate of drug-likeness (QED) is 0.470. The van der Waals surface area contributed by atoms with Gasteiger partial charge in [0, 0.05) is 11.3 Å². The fourth-order valence-electron chi connectivity index (χ4n) is 4.68. The molecule has 6 nitrogen and oxygen atoms in total. The fraction of sp³-hybridized carbons (Fsp3) is 0.308. The van der Waals surface area contributed by atoms with Crippen molar-refractivity contribution in [1.82, 2.24) is 19.5 Å². The molecule has 0 aliphatic carbocycles. The zero-order valence-corrected chi connectivity index (χ0v) is 18.9. The van der Waals surface area contributed by atoms with Gasteiger partial charge in [-0.05, 0) is 93.3 Å². The third-order valence-electron chi connectivity index (χ3n) is 6.47. The molecular weight excluding hydrogens is 398 g/mol. The van der Waals surface area contributed by atoms with Crippen molar-refractivity contribution in [3.8, 4) is 17.0 Å². The second kappa shape index (κ2) is 8.63. The van der Waals surface area contributed by atoms with Crippen LogP contribution in [-0.2, 0) is 0 Å². The first-order valence-electron chi connectivity index (χ1n) is 11.2. The van der Waals surface area contributed by atoms with E-state index in [2.05, 4.69) is 47.4 Å². The number of likely N-dealkylation sites (tertiary alicyclic amines) is 1. The predicted molar refractivity (Wildman–Crippen MR) is 129 cm³/mol. The number of hydrogen-bond donors (Lipinski definition) is 1. The van der Waals surface area contributed by atoms with Crippen LogP contribution < -0.4 is 10.1 Å². The van der Waals surface area contributed by atoms with Crippen molar-refractivity contribution in [2.75, 3.05) is 32.6 Å². The molecule has 32 heavy (non-hydrogen) atoms. The summed E-state index contributed by atoms with van der Waals surface area (Å²) in [7, 11) is 3.89. The number of rotatable bonds is 5. The lowest BCUT2D eigenvalue weighted by Gasteiger charge is -2.30. The largest absolute Gasteiger partial charge is 0.496 e. The highest BCUT2D eigenvalue weighted by Gasteiger charge is 2.20. The number of fused-ring (bicyclic) bond motifs is 1. The van der Waals surface area contributed by atoms with Crippen molar-refractivity contribution in [1.29, 1.82) is 0 Å². The molecule has 0 saturated carbocycles. The van der Waals surface area contributed by atoms with Gasteiger partial charge in [-0.2, -0.15) is 0 Å². The maximum atomic E-state index is 5.55. The zero-order valence-electron chi connectivity index (χ0n) is 18.9. The minimum atomic E-state index is 0.566. The number of para-hydroxylation sites is 1. The molecule has 4 aromatic rings. The first-order valence-corrected chi connectivity index (χ1v) is 11.2. The lowest BCUT2D eigenvalue weighted by molar-refractivity contribution is 0.255. The average molecular weight is 428 g/mol. The summed E-state index contributed by atoms with van der Waals surface area (Å²) in [4.78, 5) is 6.93. The van der Waals surface area contributed by atoms with E-state index >= 15 is 0 Å². The number of aromatic nitrogens is 3. The van der Waals surface area contributed by atoms with Gasteiger partial charge in [-0.3, -0.25) is 0 Å². The van der Waals surface area contributed by atoms with E-state index in [0.29, 0.717) is 11.9 Å². The van der Waals surface area contributed by atoms with Gasteiger partial charge in [0.1, 0.15) is 5.75 Å². The molecule has 1 N–H and O–H groups in total. The first-order chi connectivity index (χ1) is 15.6. The molecule has 0 bridgehead atoms. The molecule has 1 saturated heterocycles. The van der Waals surface area contributed by atoms with Crippen LogP contribution >= 0.6 is 0 Å². The van der Waals surface area contributed by atoms with Crippen LogP contribution in [0.25, 0.3) is 16.8 Å². The van der Waals surface area contributed by atoms with Crippen molar-refractivity contribution in [3.05, 3.63) is 71.9 Å². The minimum Gasteiger partial charge on any atom is -0.496 e. The summed E-state index contributed by atoms with van der Waals surface area (Å²) in [5, 5.41) is 8.15. The van der Waals surface area contributed by atoms with E-state index in [1.165, 1.54) is 37.1 Å². The number of benzene rings is 2. The monoisotopic (exact) mass is 427 g/mol. The van der Waals surface area contributed by atoms with E-state index in [-0.39, 0.29) is 0 Å². The van der Waals surface area contributed by atoms with Crippen LogP contribution in [0.1, 0.15) is 29.9 Å². The van der Waals surface area contributed by atoms with E-state index < -0.39 is 0 Å². The fourth-order valence-corrected chi connectivity index (χ4v) is 4.68. The minimum absolute atomic E-state index is 0.566. The van der Waals surface area contributed by atoms with Crippen molar-refractivity contribution in [3.63, 3.8) is 0 Å². The summed E-state index contributed by atoms with van der Waals surface area (Å²) in [5.74, 6) is 2.04. The molecule has 0 spiro atoms. The average Bonchev–Trinajstić information content (AvgIpc) is 3.23. The molecule has 5 rings (SSSR count). The van der Waals surface area contributed by atoms with E-state index in [1.807, 2.05) is 47.1 Å². The zero-order chi connectivity index (χ0) is 22.1. The third kappa shape index (κ3) is 3.94. The normalized spacial score (nSPS) is 15.2. The summed E-state index contributed by atoms with van der Waals surface area (Å²) in [6.07, 6.45) is 4.29. The SMILES string of the molecule is COc1ccccc1-c1ccc2cnc(Nc3ccc(C4CCN(C)CC4)c(C)c3)nn12. The summed E-state index contributed by atoms with van der Waals surface area (Å²) in [6, 6.07) is 18.7. The van der Waals surface area contributed by atoms with E-state index in [4.69, 9.17) is 9.84 Å². The Kier molecular flexibility index (Phi) is 5.53. The number of anilines is 2. The Morgan fingerprint density at radius 1 is 1.03 bits per heavy atom. The van der Waals surface area contributed by atoms with Crippen LogP contribution in [0.2, 0.25) is 0 Å². The lowest BCUT2D eigenvalue weighted by atomic mass is 9.87. The Hall–Kier alpha value is -3.38. The van der Waals surface area contributed by atoms with Crippen LogP contribution in [0.3, 0.4) is 0 Å². The molecule has 1 aliphatic heterocycles. The van der Waals surface area contributed by atoms with E-state index in [1.54, 1.807) is 7.11 Å². The van der Waals surface area contributed by atoms with Crippen LogP contribution in [-0.4, -0.2) is 46.7 Å². The number of methoxy groups -OCH3 is 1. The smallest absolute Gasteiger partial charge is 0.245 e. The van der Waals surface area contributed by atoms with Gasteiger partial charge < -0.3 is 15.0 Å². The number of ether oxygens (including phenoxy) is 1. The Labute approximate surface area is 188 Å². The van der Waals surface area contributed by atoms with Gasteiger partial charge in [0.25, 0.3) is 0 Å². The van der Waals surface area contributed by atoms with Gasteiger partial charge in [-0.15, -0.1) is 5.10 Å². The molecule has 2 aromatic carbocycles. The van der Waals surface area contributed by atoms with Gasteiger partial charge in [-0.25, -0.2) is 9.50 Å². The van der Waals surface area contributed by atoms with Gasteiger partial charge in [0.2, 0.25) is 5.95 Å². The molecule has 0 radical (unpaired) electrons. The number of piperidine rings is 1. The Balaban J connectivity index is 1.42. The maximum Gasteiger partial charge on any atom is 0.245 e. The van der Waals surface area contributed by atoms with E-state index in [9.17, 15) is 0 Å². The third-order valence-corrected chi connectivity index (χ3v) is 6.47. The van der Waals surface area contributed by atoms with Gasteiger partial charge in [-0.1, -0.05) is 18.2 Å². The van der Waals surface area contributed by atoms with Crippen LogP contribution in [0.4, 0.5) is 11.6 Å². The first kappa shape index (κ1) is 20.5. The highest BCUT2D eigenvalue weighted by molar-refractivity contribution is 5.72. The molecule has 0 unspecified atom stereocenters. The summed E-state index contributed by atoms with van der Waals surface area (Å²) in [6.45, 7) is 4.54. The predicted octanol–water partition coefficient (Wildman–Crippen LogP) is 5.27. The van der Waals surface area contributed by atoms with Crippen molar-refractivity contribution in [2.45, 2.75) is 25.7 Å². The second-order valence-corrected chi connectivity index (χ2v) is 8.61. The molecule has 0 atom stereocenters. The van der Waals surface area contributed by atoms with Gasteiger partial charge in [0.05, 0.1) is 24.5 Å². The number of nitrogens with one attached hydrogen (secondary N) is 1. The Morgan fingerprint density at radius 3 is 2.62 bits per heavy atom. The molecule has 2 aromatic heterocycles. The highest BCUT2D eigenvalue weighted by Crippen LogP contribution is 2.32. The molecule has 164 valence electrons. The summed E-state index contributed by atoms with van der Waals surface area (Å²) >= 11 is 0. The Morgan fingerprint density at radius 2 is 1.84 bits per heavy atom. The van der Waals surface area contributed by atoms with Crippen LogP contribution in [0.5, 0.6) is 5.75 Å². The van der Waals surface area contributed by atoms with E-state index in [0.717, 1.165) is 28.2 Å². The standard InChI is InChI=1S/C26H29N5O/c1-18-16-20(8-10-22(18)19-12-14-30(2)15-13-19)28-26-27-17-21-9-11-24(31(21)29-26)23-6-4-5-7-25(23)32-3/h4-11,16-17,19H,12-15H2,1-3H3,(H,28,29). The maximum absolute atomic E-state index is 5.55. The van der Waals surface area contributed by atoms with Crippen molar-refractivity contribution in [2.24, 2.45) is 0 Å². The summed E-state index contributed by atoms with van der Waals surface area (Å²) < 4.78 is 7.46. The van der Waals surface area contributed by atoms with Crippen molar-refractivity contribution >= 4 is 17.2 Å². The van der Waals surface area contributed by atoms with Crippen LogP contribution in [0.15, 0.2) is 60.8 Å². The van der Waals surface area contributed by atoms with Gasteiger partial charge in [0.15, 0.2) is 0 Å². The van der Waals surface area contributed by atoms with Crippen molar-refractivity contribution < 1.29 is 4.74 Å². The lowest BCUT2D eigenvalue weighted by Crippen LogP contribution is -2.29. The highest BCUT2D eigenvalue weighted by atomic mass is 16.5. The number of aryl methyl sites for hydroxylation is 1.